The molecule has 0 bridgehead atoms. The van der Waals surface area contributed by atoms with Crippen molar-refractivity contribution in [3.63, 3.8) is 0 Å². The predicted octanol–water partition coefficient (Wildman–Crippen LogP) is 4.55. The Hall–Kier alpha value is -1.71. The van der Waals surface area contributed by atoms with Crippen LogP contribution in [0.25, 0.3) is 0 Å². The highest BCUT2D eigenvalue weighted by atomic mass is 35.5. The lowest BCUT2D eigenvalue weighted by Crippen LogP contribution is -2.31. The number of nitrogens with zero attached hydrogens (tertiary/aromatic N) is 1. The summed E-state index contributed by atoms with van der Waals surface area (Å²) in [5.41, 5.74) is 8.41. The van der Waals surface area contributed by atoms with Crippen molar-refractivity contribution < 1.29 is 4.79 Å². The largest absolute Gasteiger partial charge is 0.399 e. The molecular weight excluding hydrogens is 307 g/mol. The second-order valence-electron chi connectivity index (χ2n) is 4.75. The third-order valence-electron chi connectivity index (χ3n) is 3.19. The second kappa shape index (κ2) is 6.37. The van der Waals surface area contributed by atoms with Crippen molar-refractivity contribution in [3.05, 3.63) is 57.6 Å². The maximum Gasteiger partial charge on any atom is 0.259 e. The van der Waals surface area contributed by atoms with E-state index in [2.05, 4.69) is 0 Å². The molecule has 2 aromatic carbocycles. The van der Waals surface area contributed by atoms with Gasteiger partial charge in [0.25, 0.3) is 5.91 Å². The standard InChI is InChI=1S/C16H16Cl2N2O/c1-3-20(12-6-4-10(2)5-7-12)16(21)13-8-11(19)9-14(17)15(13)18/h4-9H,3,19H2,1-2H3. The molecule has 0 aromatic heterocycles. The maximum atomic E-state index is 12.7. The van der Waals surface area contributed by atoms with Crippen LogP contribution in [0, 0.1) is 6.92 Å². The molecule has 2 aromatic rings. The van der Waals surface area contributed by atoms with E-state index in [0.717, 1.165) is 11.3 Å². The van der Waals surface area contributed by atoms with E-state index >= 15 is 0 Å². The average molecular weight is 323 g/mol. The van der Waals surface area contributed by atoms with Crippen molar-refractivity contribution in [1.29, 1.82) is 0 Å². The molecular formula is C16H16Cl2N2O. The van der Waals surface area contributed by atoms with Gasteiger partial charge in [0.2, 0.25) is 0 Å². The summed E-state index contributed by atoms with van der Waals surface area (Å²) in [4.78, 5) is 14.3. The molecule has 0 fully saturated rings. The summed E-state index contributed by atoms with van der Waals surface area (Å²) in [6.07, 6.45) is 0. The smallest absolute Gasteiger partial charge is 0.259 e. The van der Waals surface area contributed by atoms with Crippen LogP contribution in [0.15, 0.2) is 36.4 Å². The van der Waals surface area contributed by atoms with E-state index in [1.165, 1.54) is 6.07 Å². The minimum absolute atomic E-state index is 0.222. The molecule has 0 atom stereocenters. The molecule has 110 valence electrons. The van der Waals surface area contributed by atoms with Gasteiger partial charge in [0.1, 0.15) is 0 Å². The number of hydrogen-bond donors (Lipinski definition) is 1. The topological polar surface area (TPSA) is 46.3 Å². The molecule has 2 N–H and O–H groups in total. The first kappa shape index (κ1) is 15.7. The molecule has 3 nitrogen and oxygen atoms in total. The first-order valence-electron chi connectivity index (χ1n) is 6.57. The molecule has 5 heteroatoms. The second-order valence-corrected chi connectivity index (χ2v) is 5.53. The van der Waals surface area contributed by atoms with Gasteiger partial charge >= 0.3 is 0 Å². The number of halogens is 2. The Bertz CT molecular complexity index is 669. The van der Waals surface area contributed by atoms with Crippen LogP contribution in [0.4, 0.5) is 11.4 Å². The molecule has 0 saturated carbocycles. The van der Waals surface area contributed by atoms with Gasteiger partial charge in [-0.1, -0.05) is 40.9 Å². The van der Waals surface area contributed by atoms with E-state index in [9.17, 15) is 4.79 Å². The molecule has 0 unspecified atom stereocenters. The SMILES string of the molecule is CCN(C(=O)c1cc(N)cc(Cl)c1Cl)c1ccc(C)cc1. The number of nitrogens with two attached hydrogens (primary N) is 1. The number of anilines is 2. The molecule has 1 amide bonds. The van der Waals surface area contributed by atoms with E-state index in [4.69, 9.17) is 28.9 Å². The van der Waals surface area contributed by atoms with E-state index in [1.807, 2.05) is 38.1 Å². The number of benzene rings is 2. The van der Waals surface area contributed by atoms with Crippen molar-refractivity contribution in [2.75, 3.05) is 17.2 Å². The molecule has 0 saturated heterocycles. The summed E-state index contributed by atoms with van der Waals surface area (Å²) in [5, 5.41) is 0.501. The van der Waals surface area contributed by atoms with Gasteiger partial charge < -0.3 is 10.6 Å². The molecule has 21 heavy (non-hydrogen) atoms. The highest BCUT2D eigenvalue weighted by Crippen LogP contribution is 2.30. The maximum absolute atomic E-state index is 12.7. The lowest BCUT2D eigenvalue weighted by molar-refractivity contribution is 0.0988. The fourth-order valence-corrected chi connectivity index (χ4v) is 2.50. The van der Waals surface area contributed by atoms with Gasteiger partial charge in [-0.25, -0.2) is 0 Å². The lowest BCUT2D eigenvalue weighted by Gasteiger charge is -2.22. The summed E-state index contributed by atoms with van der Waals surface area (Å²) < 4.78 is 0. The lowest BCUT2D eigenvalue weighted by atomic mass is 10.1. The van der Waals surface area contributed by atoms with Gasteiger partial charge in [-0.05, 0) is 38.1 Å². The van der Waals surface area contributed by atoms with Crippen LogP contribution < -0.4 is 10.6 Å². The van der Waals surface area contributed by atoms with Gasteiger partial charge in [0.15, 0.2) is 0 Å². The van der Waals surface area contributed by atoms with E-state index in [0.29, 0.717) is 17.8 Å². The monoisotopic (exact) mass is 322 g/mol. The van der Waals surface area contributed by atoms with Crippen LogP contribution in [0.3, 0.4) is 0 Å². The van der Waals surface area contributed by atoms with Gasteiger partial charge in [-0.3, -0.25) is 4.79 Å². The third kappa shape index (κ3) is 3.31. The summed E-state index contributed by atoms with van der Waals surface area (Å²) in [6, 6.07) is 10.8. The number of hydrogen-bond acceptors (Lipinski definition) is 2. The summed E-state index contributed by atoms with van der Waals surface area (Å²) in [6.45, 7) is 4.42. The first-order chi connectivity index (χ1) is 9.93. The van der Waals surface area contributed by atoms with E-state index < -0.39 is 0 Å². The number of amides is 1. The number of carbonyl (C=O) groups is 1. The Balaban J connectivity index is 2.44. The molecule has 0 heterocycles. The Kier molecular flexibility index (Phi) is 4.76. The first-order valence-corrected chi connectivity index (χ1v) is 7.32. The Morgan fingerprint density at radius 3 is 2.38 bits per heavy atom. The minimum Gasteiger partial charge on any atom is -0.399 e. The average Bonchev–Trinajstić information content (AvgIpc) is 2.45. The summed E-state index contributed by atoms with van der Waals surface area (Å²) >= 11 is 12.1. The fraction of sp³-hybridized carbons (Fsp3) is 0.188. The highest BCUT2D eigenvalue weighted by Gasteiger charge is 2.20. The Labute approximate surface area is 134 Å². The number of nitrogen functional groups attached to an aromatic ring is 1. The molecule has 0 aliphatic heterocycles. The Morgan fingerprint density at radius 2 is 1.81 bits per heavy atom. The van der Waals surface area contributed by atoms with Crippen LogP contribution in [-0.2, 0) is 0 Å². The van der Waals surface area contributed by atoms with Gasteiger partial charge in [-0.2, -0.15) is 0 Å². The Morgan fingerprint density at radius 1 is 1.19 bits per heavy atom. The number of rotatable bonds is 3. The van der Waals surface area contributed by atoms with Crippen molar-refractivity contribution >= 4 is 40.5 Å². The van der Waals surface area contributed by atoms with Gasteiger partial charge in [0, 0.05) is 17.9 Å². The zero-order valence-electron chi connectivity index (χ0n) is 11.9. The fourth-order valence-electron chi connectivity index (χ4n) is 2.08. The van der Waals surface area contributed by atoms with Crippen LogP contribution in [0.1, 0.15) is 22.8 Å². The highest BCUT2D eigenvalue weighted by molar-refractivity contribution is 6.44. The molecule has 0 aliphatic carbocycles. The molecule has 0 spiro atoms. The summed E-state index contributed by atoms with van der Waals surface area (Å²) in [7, 11) is 0. The molecule has 2 rings (SSSR count). The summed E-state index contributed by atoms with van der Waals surface area (Å²) in [5.74, 6) is -0.222. The van der Waals surface area contributed by atoms with Crippen molar-refractivity contribution in [3.8, 4) is 0 Å². The third-order valence-corrected chi connectivity index (χ3v) is 3.99. The van der Waals surface area contributed by atoms with Crippen LogP contribution in [-0.4, -0.2) is 12.5 Å². The normalized spacial score (nSPS) is 10.5. The number of aryl methyl sites for hydroxylation is 1. The zero-order chi connectivity index (χ0) is 15.6. The van der Waals surface area contributed by atoms with Crippen molar-refractivity contribution in [1.82, 2.24) is 0 Å². The molecule has 0 radical (unpaired) electrons. The predicted molar refractivity (Wildman–Crippen MR) is 89.4 cm³/mol. The quantitative estimate of drug-likeness (QED) is 0.842. The van der Waals surface area contributed by atoms with Gasteiger partial charge in [-0.15, -0.1) is 0 Å². The van der Waals surface area contributed by atoms with Crippen LogP contribution >= 0.6 is 23.2 Å². The minimum atomic E-state index is -0.222. The van der Waals surface area contributed by atoms with E-state index in [1.54, 1.807) is 11.0 Å². The van der Waals surface area contributed by atoms with Crippen molar-refractivity contribution in [2.45, 2.75) is 13.8 Å². The van der Waals surface area contributed by atoms with Crippen LogP contribution in [0.2, 0.25) is 10.0 Å². The number of carbonyl (C=O) groups excluding carboxylic acids is 1. The molecule has 0 aliphatic rings. The zero-order valence-corrected chi connectivity index (χ0v) is 13.4. The van der Waals surface area contributed by atoms with Crippen molar-refractivity contribution in [2.24, 2.45) is 0 Å². The van der Waals surface area contributed by atoms with E-state index in [-0.39, 0.29) is 16.0 Å². The van der Waals surface area contributed by atoms with Gasteiger partial charge in [0.05, 0.1) is 15.6 Å². The van der Waals surface area contributed by atoms with Crippen LogP contribution in [0.5, 0.6) is 0 Å².